The summed E-state index contributed by atoms with van der Waals surface area (Å²) in [4.78, 5) is 10.5. The molecule has 0 aliphatic rings. The summed E-state index contributed by atoms with van der Waals surface area (Å²) in [7, 11) is 0. The number of nitro groups is 1. The minimum absolute atomic E-state index is 0.0976. The topological polar surface area (TPSA) is 56.0 Å². The third kappa shape index (κ3) is 2.07. The van der Waals surface area contributed by atoms with Gasteiger partial charge in [-0.1, -0.05) is 12.1 Å². The second kappa shape index (κ2) is 4.63. The zero-order valence-electron chi connectivity index (χ0n) is 8.41. The Morgan fingerprint density at radius 3 is 2.81 bits per heavy atom. The number of benzene rings is 1. The van der Waals surface area contributed by atoms with E-state index in [1.54, 1.807) is 30.0 Å². The third-order valence-corrected chi connectivity index (χ3v) is 3.90. The van der Waals surface area contributed by atoms with Crippen LogP contribution in [0.2, 0.25) is 0 Å². The number of nitro benzene ring substituents is 1. The Morgan fingerprint density at radius 2 is 2.19 bits per heavy atom. The van der Waals surface area contributed by atoms with Gasteiger partial charge in [-0.3, -0.25) is 10.1 Å². The quantitative estimate of drug-likeness (QED) is 0.477. The molecule has 1 aromatic heterocycles. The monoisotopic (exact) mass is 252 g/mol. The number of para-hydroxylation sites is 1. The molecule has 0 atom stereocenters. The van der Waals surface area contributed by atoms with Gasteiger partial charge in [-0.25, -0.2) is 0 Å². The summed E-state index contributed by atoms with van der Waals surface area (Å²) in [5.41, 5.74) is 1.34. The van der Waals surface area contributed by atoms with E-state index in [4.69, 9.17) is 0 Å². The molecule has 0 aliphatic carbocycles. The van der Waals surface area contributed by atoms with Gasteiger partial charge in [0.1, 0.15) is 0 Å². The van der Waals surface area contributed by atoms with Crippen molar-refractivity contribution in [1.29, 1.82) is 0 Å². The summed E-state index contributed by atoms with van der Waals surface area (Å²) < 4.78 is 5.27. The summed E-state index contributed by atoms with van der Waals surface area (Å²) in [5.74, 6) is 0. The SMILES string of the molecule is CSc1cc(-c2ccccc2[N+](=O)[O-])ns1. The van der Waals surface area contributed by atoms with Crippen LogP contribution in [0, 0.1) is 10.1 Å². The number of thioether (sulfide) groups is 1. The smallest absolute Gasteiger partial charge is 0.258 e. The molecule has 6 heteroatoms. The fourth-order valence-corrected chi connectivity index (χ4v) is 2.47. The van der Waals surface area contributed by atoms with Crippen molar-refractivity contribution in [3.05, 3.63) is 40.4 Å². The molecule has 0 bridgehead atoms. The largest absolute Gasteiger partial charge is 0.278 e. The predicted octanol–water partition coefficient (Wildman–Crippen LogP) is 3.44. The number of hydrogen-bond acceptors (Lipinski definition) is 5. The Kier molecular flexibility index (Phi) is 3.21. The maximum absolute atomic E-state index is 10.8. The van der Waals surface area contributed by atoms with Crippen molar-refractivity contribution in [2.75, 3.05) is 6.26 Å². The van der Waals surface area contributed by atoms with Crippen molar-refractivity contribution in [3.8, 4) is 11.3 Å². The highest BCUT2D eigenvalue weighted by Crippen LogP contribution is 2.32. The van der Waals surface area contributed by atoms with Gasteiger partial charge in [0.2, 0.25) is 0 Å². The molecule has 16 heavy (non-hydrogen) atoms. The maximum Gasteiger partial charge on any atom is 0.278 e. The lowest BCUT2D eigenvalue weighted by Crippen LogP contribution is -1.91. The minimum atomic E-state index is -0.382. The van der Waals surface area contributed by atoms with Crippen LogP contribution in [0.4, 0.5) is 5.69 Å². The lowest BCUT2D eigenvalue weighted by molar-refractivity contribution is -0.384. The van der Waals surface area contributed by atoms with Crippen molar-refractivity contribution in [3.63, 3.8) is 0 Å². The standard InChI is InChI=1S/C10H8N2O2S2/c1-15-10-6-8(11-16-10)7-4-2-3-5-9(7)12(13)14/h2-6H,1H3. The molecule has 0 aliphatic heterocycles. The Balaban J connectivity index is 2.50. The summed E-state index contributed by atoms with van der Waals surface area (Å²) in [6.07, 6.45) is 1.96. The molecular formula is C10H8N2O2S2. The molecule has 1 aromatic carbocycles. The van der Waals surface area contributed by atoms with Crippen LogP contribution in [0.3, 0.4) is 0 Å². The minimum Gasteiger partial charge on any atom is -0.258 e. The highest BCUT2D eigenvalue weighted by Gasteiger charge is 2.16. The number of hydrogen-bond donors (Lipinski definition) is 0. The van der Waals surface area contributed by atoms with E-state index >= 15 is 0 Å². The molecule has 1 heterocycles. The Bertz CT molecular complexity index is 525. The van der Waals surface area contributed by atoms with Gasteiger partial charge in [-0.15, -0.1) is 11.8 Å². The van der Waals surface area contributed by atoms with Gasteiger partial charge >= 0.3 is 0 Å². The molecule has 0 unspecified atom stereocenters. The first-order valence-electron chi connectivity index (χ1n) is 4.47. The van der Waals surface area contributed by atoms with Crippen molar-refractivity contribution >= 4 is 29.0 Å². The molecular weight excluding hydrogens is 244 g/mol. The van der Waals surface area contributed by atoms with Crippen LogP contribution >= 0.6 is 23.3 Å². The first kappa shape index (κ1) is 11.1. The van der Waals surface area contributed by atoms with Crippen molar-refractivity contribution in [2.24, 2.45) is 0 Å². The lowest BCUT2D eigenvalue weighted by Gasteiger charge is -1.97. The average Bonchev–Trinajstić information content (AvgIpc) is 2.77. The maximum atomic E-state index is 10.8. The Hall–Kier alpha value is -1.40. The fourth-order valence-electron chi connectivity index (χ4n) is 1.33. The van der Waals surface area contributed by atoms with E-state index in [-0.39, 0.29) is 10.6 Å². The van der Waals surface area contributed by atoms with E-state index in [9.17, 15) is 10.1 Å². The van der Waals surface area contributed by atoms with E-state index in [0.717, 1.165) is 4.21 Å². The number of nitrogens with zero attached hydrogens (tertiary/aromatic N) is 2. The van der Waals surface area contributed by atoms with Gasteiger partial charge in [-0.2, -0.15) is 4.37 Å². The molecule has 0 fully saturated rings. The van der Waals surface area contributed by atoms with E-state index in [2.05, 4.69) is 4.37 Å². The zero-order valence-corrected chi connectivity index (χ0v) is 10.0. The van der Waals surface area contributed by atoms with Gasteiger partial charge in [0, 0.05) is 6.07 Å². The summed E-state index contributed by atoms with van der Waals surface area (Å²) in [6, 6.07) is 8.52. The van der Waals surface area contributed by atoms with Gasteiger partial charge in [0.15, 0.2) is 0 Å². The molecule has 2 aromatic rings. The molecule has 2 rings (SSSR count). The van der Waals surface area contributed by atoms with Crippen LogP contribution in [-0.2, 0) is 0 Å². The average molecular weight is 252 g/mol. The molecule has 0 saturated carbocycles. The molecule has 0 amide bonds. The zero-order chi connectivity index (χ0) is 11.5. The van der Waals surface area contributed by atoms with Crippen LogP contribution in [0.5, 0.6) is 0 Å². The Labute approximate surface area is 101 Å². The summed E-state index contributed by atoms with van der Waals surface area (Å²) >= 11 is 2.94. The molecule has 0 saturated heterocycles. The summed E-state index contributed by atoms with van der Waals surface area (Å²) in [6.45, 7) is 0. The van der Waals surface area contributed by atoms with Gasteiger partial charge < -0.3 is 0 Å². The first-order valence-corrected chi connectivity index (χ1v) is 6.46. The predicted molar refractivity (Wildman–Crippen MR) is 66.0 cm³/mol. The second-order valence-electron chi connectivity index (χ2n) is 3.01. The third-order valence-electron chi connectivity index (χ3n) is 2.07. The van der Waals surface area contributed by atoms with Crippen LogP contribution < -0.4 is 0 Å². The van der Waals surface area contributed by atoms with Crippen LogP contribution in [-0.4, -0.2) is 15.6 Å². The molecule has 0 N–H and O–H groups in total. The highest BCUT2D eigenvalue weighted by molar-refractivity contribution is 8.00. The Morgan fingerprint density at radius 1 is 1.44 bits per heavy atom. The highest BCUT2D eigenvalue weighted by atomic mass is 32.2. The summed E-state index contributed by atoms with van der Waals surface area (Å²) in [5, 5.41) is 10.8. The molecule has 0 spiro atoms. The van der Waals surface area contributed by atoms with Crippen molar-refractivity contribution in [2.45, 2.75) is 4.21 Å². The fraction of sp³-hybridized carbons (Fsp3) is 0.100. The van der Waals surface area contributed by atoms with Gasteiger partial charge in [0.05, 0.1) is 20.4 Å². The molecule has 0 radical (unpaired) electrons. The van der Waals surface area contributed by atoms with E-state index in [1.165, 1.54) is 17.6 Å². The molecule has 82 valence electrons. The normalized spacial score (nSPS) is 10.3. The lowest BCUT2D eigenvalue weighted by atomic mass is 10.1. The second-order valence-corrected chi connectivity index (χ2v) is 4.92. The first-order chi connectivity index (χ1) is 7.72. The van der Waals surface area contributed by atoms with Gasteiger partial charge in [0.25, 0.3) is 5.69 Å². The van der Waals surface area contributed by atoms with E-state index in [1.807, 2.05) is 12.3 Å². The van der Waals surface area contributed by atoms with Crippen LogP contribution in [0.1, 0.15) is 0 Å². The van der Waals surface area contributed by atoms with E-state index < -0.39 is 0 Å². The van der Waals surface area contributed by atoms with Crippen LogP contribution in [0.15, 0.2) is 34.5 Å². The van der Waals surface area contributed by atoms with Crippen LogP contribution in [0.25, 0.3) is 11.3 Å². The van der Waals surface area contributed by atoms with Crippen molar-refractivity contribution in [1.82, 2.24) is 4.37 Å². The van der Waals surface area contributed by atoms with E-state index in [0.29, 0.717) is 11.3 Å². The van der Waals surface area contributed by atoms with Gasteiger partial charge in [-0.05, 0) is 29.9 Å². The van der Waals surface area contributed by atoms with Crippen molar-refractivity contribution < 1.29 is 4.92 Å². The molecule has 4 nitrogen and oxygen atoms in total. The number of rotatable bonds is 3. The number of aromatic nitrogens is 1.